The van der Waals surface area contributed by atoms with Gasteiger partial charge in [0.25, 0.3) is 0 Å². The highest BCUT2D eigenvalue weighted by Crippen LogP contribution is 2.43. The third-order valence-electron chi connectivity index (χ3n) is 15.1. The van der Waals surface area contributed by atoms with Crippen LogP contribution in [0.15, 0.2) is 134 Å². The molecule has 3 unspecified atom stereocenters. The summed E-state index contributed by atoms with van der Waals surface area (Å²) in [6, 6.07) is -0.874. The predicted molar refractivity (Wildman–Crippen MR) is 378 cm³/mol. The Morgan fingerprint density at radius 2 is 0.736 bits per heavy atom. The highest BCUT2D eigenvalue weighted by molar-refractivity contribution is 7.47. The van der Waals surface area contributed by atoms with Gasteiger partial charge in [0.05, 0.1) is 33.8 Å². The number of phosphoric ester groups is 1. The maximum atomic E-state index is 13.6. The number of quaternary nitrogens is 1. The number of nitrogens with zero attached hydrogens (tertiary/aromatic N) is 1. The van der Waals surface area contributed by atoms with Gasteiger partial charge in [-0.15, -0.1) is 0 Å². The lowest BCUT2D eigenvalue weighted by Gasteiger charge is -2.27. The van der Waals surface area contributed by atoms with Gasteiger partial charge in [-0.1, -0.05) is 283 Å². The second kappa shape index (κ2) is 65.1. The molecule has 0 heterocycles. The maximum absolute atomic E-state index is 13.6. The molecule has 0 aromatic heterocycles. The van der Waals surface area contributed by atoms with Crippen LogP contribution >= 0.6 is 7.82 Å². The van der Waals surface area contributed by atoms with E-state index in [2.05, 4.69) is 148 Å². The molecule has 10 heteroatoms. The number of carbonyl (C=O) groups excluding carboxylic acids is 2. The number of rotatable bonds is 63. The van der Waals surface area contributed by atoms with Gasteiger partial charge < -0.3 is 19.4 Å². The summed E-state index contributed by atoms with van der Waals surface area (Å²) in [7, 11) is 1.46. The summed E-state index contributed by atoms with van der Waals surface area (Å²) in [5, 5.41) is 3.05. The first-order chi connectivity index (χ1) is 42.4. The Hall–Kier alpha value is -3.85. The first-order valence-corrected chi connectivity index (χ1v) is 37.0. The van der Waals surface area contributed by atoms with Crippen LogP contribution in [0.1, 0.15) is 290 Å². The monoisotopic (exact) mass is 1230 g/mol. The number of phosphoric acid groups is 1. The van der Waals surface area contributed by atoms with Crippen LogP contribution < -0.4 is 5.32 Å². The number of ether oxygens (including phenoxy) is 1. The van der Waals surface area contributed by atoms with Crippen LogP contribution in [0, 0.1) is 0 Å². The van der Waals surface area contributed by atoms with Gasteiger partial charge in [0.2, 0.25) is 5.91 Å². The molecule has 0 spiro atoms. The summed E-state index contributed by atoms with van der Waals surface area (Å²) >= 11 is 0. The average molecular weight is 1230 g/mol. The molecule has 0 aromatic carbocycles. The van der Waals surface area contributed by atoms with Crippen molar-refractivity contribution in [3.05, 3.63) is 134 Å². The van der Waals surface area contributed by atoms with Crippen LogP contribution in [-0.4, -0.2) is 74.3 Å². The quantitative estimate of drug-likeness (QED) is 0.0205. The van der Waals surface area contributed by atoms with Crippen LogP contribution in [0.5, 0.6) is 0 Å². The van der Waals surface area contributed by atoms with Gasteiger partial charge in [-0.3, -0.25) is 18.6 Å². The van der Waals surface area contributed by atoms with Crippen molar-refractivity contribution >= 4 is 19.7 Å². The van der Waals surface area contributed by atoms with E-state index in [4.69, 9.17) is 13.8 Å². The van der Waals surface area contributed by atoms with Gasteiger partial charge >= 0.3 is 13.8 Å². The molecule has 9 nitrogen and oxygen atoms in total. The van der Waals surface area contributed by atoms with Crippen molar-refractivity contribution in [2.24, 2.45) is 0 Å². The van der Waals surface area contributed by atoms with Crippen LogP contribution in [0.2, 0.25) is 0 Å². The average Bonchev–Trinajstić information content (AvgIpc) is 3.70. The zero-order chi connectivity index (χ0) is 63.5. The molecular weight excluding hydrogens is 1100 g/mol. The first kappa shape index (κ1) is 83.2. The molecule has 2 N–H and O–H groups in total. The van der Waals surface area contributed by atoms with Gasteiger partial charge in [-0.05, 0) is 128 Å². The van der Waals surface area contributed by atoms with Crippen molar-refractivity contribution in [1.82, 2.24) is 5.32 Å². The topological polar surface area (TPSA) is 111 Å². The molecule has 0 rings (SSSR count). The van der Waals surface area contributed by atoms with Gasteiger partial charge in [-0.2, -0.15) is 0 Å². The van der Waals surface area contributed by atoms with E-state index in [-0.39, 0.29) is 31.5 Å². The first-order valence-electron chi connectivity index (χ1n) is 35.5. The number of carbonyl (C=O) groups is 2. The van der Waals surface area contributed by atoms with Crippen molar-refractivity contribution in [3.63, 3.8) is 0 Å². The van der Waals surface area contributed by atoms with E-state index in [1.54, 1.807) is 0 Å². The lowest BCUT2D eigenvalue weighted by Crippen LogP contribution is -2.47. The molecule has 0 aromatic rings. The van der Waals surface area contributed by atoms with E-state index in [9.17, 15) is 19.0 Å². The normalized spacial score (nSPS) is 14.3. The van der Waals surface area contributed by atoms with Crippen LogP contribution in [-0.2, 0) is 27.9 Å². The standard InChI is InChI=1S/C77H133N2O7P/c1-7-10-13-16-19-22-25-27-29-31-33-35-37-38-39-40-42-44-46-48-50-52-55-58-61-64-67-70-77(81)86-75(68-65-62-59-56-53-24-21-18-15-12-9-3)74(73-85-87(82,83)84-72-71-79(4,5)6)78-76(80)69-66-63-60-57-54-51-49-47-45-43-41-36-34-32-30-28-26-23-20-17-14-11-8-2/h11,14,19-20,22-23,27-30,33-36,38-39,43,45,49,51,65,68,74-75H,7-10,12-13,15-18,21,24-26,31-32,37,40-42,44,46-48,50,52-64,66-67,69-73H2,1-6H3,(H-,78,80,82,83)/p+1/b14-11-,22-19-,23-20-,29-27-,30-28-,35-33-,36-34-,39-38-,45-43-,51-49-,68-65+. The molecule has 0 saturated heterocycles. The number of hydrogen-bond acceptors (Lipinski definition) is 6. The van der Waals surface area contributed by atoms with E-state index in [0.29, 0.717) is 23.9 Å². The van der Waals surface area contributed by atoms with Crippen molar-refractivity contribution in [3.8, 4) is 0 Å². The Morgan fingerprint density at radius 1 is 0.414 bits per heavy atom. The molecule has 0 bridgehead atoms. The minimum Gasteiger partial charge on any atom is -0.456 e. The summed E-state index contributed by atoms with van der Waals surface area (Å²) in [4.78, 5) is 37.9. The zero-order valence-electron chi connectivity index (χ0n) is 57.0. The predicted octanol–water partition coefficient (Wildman–Crippen LogP) is 22.8. The SMILES string of the molecule is CC/C=C\C/C=C\C/C=C\C/C=C\C/C=C\C/C=C\CCCCCCC(=O)NC(COP(=O)(O)OCC[N+](C)(C)C)C(/C=C/CCCCCCCCCCC)OC(=O)CCCCCCCCCCCCC/C=C\C/C=C\C/C=C\C/C=C\CCCCC. The fourth-order valence-electron chi connectivity index (χ4n) is 9.63. The van der Waals surface area contributed by atoms with Crippen LogP contribution in [0.3, 0.4) is 0 Å². The lowest BCUT2D eigenvalue weighted by molar-refractivity contribution is -0.870. The van der Waals surface area contributed by atoms with E-state index in [1.165, 1.54) is 122 Å². The Morgan fingerprint density at radius 3 is 1.13 bits per heavy atom. The summed E-state index contributed by atoms with van der Waals surface area (Å²) < 4.78 is 30.8. The molecule has 0 aliphatic carbocycles. The number of unbranched alkanes of at least 4 members (excludes halogenated alkanes) is 27. The maximum Gasteiger partial charge on any atom is 0.472 e. The number of nitrogens with one attached hydrogen (secondary N) is 1. The Balaban J connectivity index is 5.09. The number of amides is 1. The zero-order valence-corrected chi connectivity index (χ0v) is 57.9. The minimum atomic E-state index is -4.47. The summed E-state index contributed by atoms with van der Waals surface area (Å²) in [6.45, 7) is 6.84. The largest absolute Gasteiger partial charge is 0.472 e. The highest BCUT2D eigenvalue weighted by atomic mass is 31.2. The van der Waals surface area contributed by atoms with Gasteiger partial charge in [0.15, 0.2) is 0 Å². The third kappa shape index (κ3) is 66.4. The smallest absolute Gasteiger partial charge is 0.456 e. The summed E-state index contributed by atoms with van der Waals surface area (Å²) in [5.74, 6) is -0.543. The van der Waals surface area contributed by atoms with Crippen LogP contribution in [0.25, 0.3) is 0 Å². The molecule has 0 saturated carbocycles. The van der Waals surface area contributed by atoms with Crippen molar-refractivity contribution in [1.29, 1.82) is 0 Å². The number of hydrogen-bond donors (Lipinski definition) is 2. The Bertz CT molecular complexity index is 1950. The number of likely N-dealkylation sites (N-methyl/N-ethyl adjacent to an activating group) is 1. The second-order valence-electron chi connectivity index (χ2n) is 24.7. The van der Waals surface area contributed by atoms with Crippen molar-refractivity contribution in [2.45, 2.75) is 303 Å². The van der Waals surface area contributed by atoms with Gasteiger partial charge in [-0.25, -0.2) is 4.57 Å². The van der Waals surface area contributed by atoms with Gasteiger partial charge in [0, 0.05) is 12.8 Å². The Labute approximate surface area is 536 Å². The minimum absolute atomic E-state index is 0.0275. The molecule has 87 heavy (non-hydrogen) atoms. The molecule has 0 radical (unpaired) electrons. The van der Waals surface area contributed by atoms with E-state index < -0.39 is 20.0 Å². The summed E-state index contributed by atoms with van der Waals surface area (Å²) in [5.41, 5.74) is 0. The molecule has 1 amide bonds. The van der Waals surface area contributed by atoms with E-state index >= 15 is 0 Å². The van der Waals surface area contributed by atoms with Crippen molar-refractivity contribution < 1.29 is 37.3 Å². The Kier molecular flexibility index (Phi) is 62.2. The van der Waals surface area contributed by atoms with Gasteiger partial charge in [0.1, 0.15) is 19.3 Å². The number of allylic oxidation sites excluding steroid dienone is 21. The van der Waals surface area contributed by atoms with E-state index in [1.807, 2.05) is 33.3 Å². The van der Waals surface area contributed by atoms with E-state index in [0.717, 1.165) is 128 Å². The lowest BCUT2D eigenvalue weighted by atomic mass is 10.0. The molecule has 498 valence electrons. The molecule has 0 aliphatic rings. The number of esters is 1. The second-order valence-corrected chi connectivity index (χ2v) is 26.1. The molecule has 0 aliphatic heterocycles. The summed E-state index contributed by atoms with van der Waals surface area (Å²) in [6.07, 6.45) is 93.2. The fraction of sp³-hybridized carbons (Fsp3) is 0.688. The molecular formula is C77H134N2O7P+. The van der Waals surface area contributed by atoms with Crippen molar-refractivity contribution in [2.75, 3.05) is 40.9 Å². The fourth-order valence-corrected chi connectivity index (χ4v) is 10.4. The van der Waals surface area contributed by atoms with Crippen LogP contribution in [0.4, 0.5) is 0 Å². The molecule has 0 fully saturated rings. The third-order valence-corrected chi connectivity index (χ3v) is 16.1. The highest BCUT2D eigenvalue weighted by Gasteiger charge is 2.30. The molecule has 3 atom stereocenters.